The molecule has 0 saturated heterocycles. The summed E-state index contributed by atoms with van der Waals surface area (Å²) in [5.41, 5.74) is 1.35. The van der Waals surface area contributed by atoms with Gasteiger partial charge in [-0.25, -0.2) is 8.42 Å². The van der Waals surface area contributed by atoms with Crippen molar-refractivity contribution in [1.29, 1.82) is 0 Å². The highest BCUT2D eigenvalue weighted by Gasteiger charge is 2.17. The fourth-order valence-corrected chi connectivity index (χ4v) is 3.49. The van der Waals surface area contributed by atoms with Crippen LogP contribution in [0.2, 0.25) is 0 Å². The number of benzene rings is 2. The minimum Gasteiger partial charge on any atom is -0.360 e. The van der Waals surface area contributed by atoms with Crippen LogP contribution in [0.3, 0.4) is 0 Å². The predicted octanol–water partition coefficient (Wildman–Crippen LogP) is 3.27. The Bertz CT molecular complexity index is 1030. The quantitative estimate of drug-likeness (QED) is 0.678. The number of anilines is 1. The molecule has 0 saturated carbocycles. The highest BCUT2D eigenvalue weighted by atomic mass is 32.2. The number of nitrogens with zero attached hydrogens (tertiary/aromatic N) is 1. The molecule has 0 radical (unpaired) electrons. The summed E-state index contributed by atoms with van der Waals surface area (Å²) in [6.07, 6.45) is 0. The van der Waals surface area contributed by atoms with Crippen molar-refractivity contribution in [2.24, 2.45) is 0 Å². The summed E-state index contributed by atoms with van der Waals surface area (Å²) < 4.78 is 31.9. The Labute approximate surface area is 157 Å². The molecular formula is C19H19N3O4S. The molecule has 0 bridgehead atoms. The third-order valence-electron chi connectivity index (χ3n) is 3.94. The first-order valence-electron chi connectivity index (χ1n) is 8.27. The van der Waals surface area contributed by atoms with Crippen LogP contribution in [0.1, 0.15) is 34.6 Å². The van der Waals surface area contributed by atoms with Crippen molar-refractivity contribution in [2.45, 2.75) is 24.8 Å². The number of amides is 1. The molecule has 7 nitrogen and oxygen atoms in total. The van der Waals surface area contributed by atoms with Gasteiger partial charge in [0.1, 0.15) is 5.76 Å². The summed E-state index contributed by atoms with van der Waals surface area (Å²) in [7, 11) is -3.81. The summed E-state index contributed by atoms with van der Waals surface area (Å²) in [6, 6.07) is 16.6. The number of aryl methyl sites for hydroxylation is 1. The van der Waals surface area contributed by atoms with Gasteiger partial charge in [0.15, 0.2) is 5.82 Å². The Morgan fingerprint density at radius 3 is 2.33 bits per heavy atom. The Hall–Kier alpha value is -3.13. The van der Waals surface area contributed by atoms with Crippen LogP contribution in [0.4, 0.5) is 5.82 Å². The van der Waals surface area contributed by atoms with Gasteiger partial charge < -0.3 is 9.84 Å². The smallest absolute Gasteiger partial charge is 0.263 e. The van der Waals surface area contributed by atoms with Crippen LogP contribution in [0.5, 0.6) is 0 Å². The third kappa shape index (κ3) is 4.53. The molecule has 3 aromatic rings. The fraction of sp³-hybridized carbons (Fsp3) is 0.158. The number of hydrogen-bond donors (Lipinski definition) is 2. The number of carbonyl (C=O) groups is 1. The average molecular weight is 385 g/mol. The molecule has 27 heavy (non-hydrogen) atoms. The summed E-state index contributed by atoms with van der Waals surface area (Å²) in [6.45, 7) is 3.55. The first-order valence-corrected chi connectivity index (χ1v) is 9.75. The maximum absolute atomic E-state index is 12.4. The van der Waals surface area contributed by atoms with Gasteiger partial charge in [0.05, 0.1) is 10.9 Å². The molecule has 8 heteroatoms. The lowest BCUT2D eigenvalue weighted by molar-refractivity contribution is 0.0940. The zero-order valence-corrected chi connectivity index (χ0v) is 15.7. The first kappa shape index (κ1) is 18.7. The van der Waals surface area contributed by atoms with Gasteiger partial charge >= 0.3 is 0 Å². The molecule has 140 valence electrons. The lowest BCUT2D eigenvalue weighted by atomic mass is 10.1. The topological polar surface area (TPSA) is 101 Å². The molecule has 0 fully saturated rings. The number of carbonyl (C=O) groups excluding carboxylic acids is 1. The molecule has 0 spiro atoms. The van der Waals surface area contributed by atoms with Crippen LogP contribution in [-0.4, -0.2) is 19.5 Å². The van der Waals surface area contributed by atoms with E-state index in [1.807, 2.05) is 37.3 Å². The second-order valence-corrected chi connectivity index (χ2v) is 7.74. The molecule has 0 aliphatic heterocycles. The van der Waals surface area contributed by atoms with E-state index in [-0.39, 0.29) is 22.7 Å². The van der Waals surface area contributed by atoms with Crippen LogP contribution in [0.15, 0.2) is 70.1 Å². The molecule has 0 aliphatic rings. The molecule has 2 N–H and O–H groups in total. The molecule has 1 heterocycles. The van der Waals surface area contributed by atoms with Crippen molar-refractivity contribution in [1.82, 2.24) is 10.5 Å². The van der Waals surface area contributed by atoms with Gasteiger partial charge in [-0.15, -0.1) is 0 Å². The molecule has 1 amide bonds. The van der Waals surface area contributed by atoms with Gasteiger partial charge in [-0.05, 0) is 43.7 Å². The Morgan fingerprint density at radius 1 is 1.07 bits per heavy atom. The van der Waals surface area contributed by atoms with Gasteiger partial charge in [0, 0.05) is 11.6 Å². The van der Waals surface area contributed by atoms with Crippen LogP contribution < -0.4 is 10.0 Å². The molecule has 1 aromatic heterocycles. The Balaban J connectivity index is 1.70. The summed E-state index contributed by atoms with van der Waals surface area (Å²) in [4.78, 5) is 12.4. The largest absolute Gasteiger partial charge is 0.360 e. The fourth-order valence-electron chi connectivity index (χ4n) is 2.50. The van der Waals surface area contributed by atoms with E-state index in [2.05, 4.69) is 15.2 Å². The van der Waals surface area contributed by atoms with E-state index in [1.54, 1.807) is 6.92 Å². The predicted molar refractivity (Wildman–Crippen MR) is 101 cm³/mol. The highest BCUT2D eigenvalue weighted by Crippen LogP contribution is 2.17. The monoisotopic (exact) mass is 385 g/mol. The van der Waals surface area contributed by atoms with E-state index in [4.69, 9.17) is 4.52 Å². The Kier molecular flexibility index (Phi) is 5.27. The van der Waals surface area contributed by atoms with Crippen LogP contribution >= 0.6 is 0 Å². The minimum atomic E-state index is -3.81. The number of hydrogen-bond acceptors (Lipinski definition) is 5. The summed E-state index contributed by atoms with van der Waals surface area (Å²) in [5, 5.41) is 6.49. The summed E-state index contributed by atoms with van der Waals surface area (Å²) in [5.74, 6) is 0.314. The summed E-state index contributed by atoms with van der Waals surface area (Å²) >= 11 is 0. The number of nitrogens with one attached hydrogen (secondary N) is 2. The van der Waals surface area contributed by atoms with Crippen molar-refractivity contribution < 1.29 is 17.7 Å². The van der Waals surface area contributed by atoms with Gasteiger partial charge in [-0.3, -0.25) is 9.52 Å². The molecule has 1 unspecified atom stereocenters. The highest BCUT2D eigenvalue weighted by molar-refractivity contribution is 7.92. The zero-order chi connectivity index (χ0) is 19.4. The maximum atomic E-state index is 12.4. The van der Waals surface area contributed by atoms with Gasteiger partial charge in [-0.1, -0.05) is 35.5 Å². The zero-order valence-electron chi connectivity index (χ0n) is 14.8. The van der Waals surface area contributed by atoms with Crippen molar-refractivity contribution in [3.63, 3.8) is 0 Å². The molecular weight excluding hydrogens is 366 g/mol. The minimum absolute atomic E-state index is 0.0239. The van der Waals surface area contributed by atoms with Gasteiger partial charge in [-0.2, -0.15) is 0 Å². The first-order chi connectivity index (χ1) is 12.8. The number of sulfonamides is 1. The molecule has 1 atom stereocenters. The number of aromatic nitrogens is 1. The normalized spacial score (nSPS) is 12.4. The van der Waals surface area contributed by atoms with E-state index in [0.717, 1.165) is 5.56 Å². The number of rotatable bonds is 6. The molecule has 2 aromatic carbocycles. The maximum Gasteiger partial charge on any atom is 0.263 e. The van der Waals surface area contributed by atoms with Crippen molar-refractivity contribution >= 4 is 21.7 Å². The second kappa shape index (κ2) is 7.63. The molecule has 0 aliphatic carbocycles. The third-order valence-corrected chi connectivity index (χ3v) is 5.31. The van der Waals surface area contributed by atoms with Crippen molar-refractivity contribution in [3.8, 4) is 0 Å². The van der Waals surface area contributed by atoms with E-state index in [9.17, 15) is 13.2 Å². The Morgan fingerprint density at radius 2 is 1.74 bits per heavy atom. The van der Waals surface area contributed by atoms with Gasteiger partial charge in [0.2, 0.25) is 0 Å². The van der Waals surface area contributed by atoms with Crippen LogP contribution in [0, 0.1) is 6.92 Å². The van der Waals surface area contributed by atoms with E-state index < -0.39 is 10.0 Å². The SMILES string of the molecule is Cc1cc(NS(=O)(=O)c2ccc(C(=O)NC(C)c3ccccc3)cc2)no1. The average Bonchev–Trinajstić information content (AvgIpc) is 3.06. The second-order valence-electron chi connectivity index (χ2n) is 6.06. The van der Waals surface area contributed by atoms with E-state index in [1.165, 1.54) is 30.3 Å². The standard InChI is InChI=1S/C19H19N3O4S/c1-13-12-18(21-26-13)22-27(24,25)17-10-8-16(9-11-17)19(23)20-14(2)15-6-4-3-5-7-15/h3-12,14H,1-2H3,(H,20,23)(H,21,22). The van der Waals surface area contributed by atoms with Crippen LogP contribution in [-0.2, 0) is 10.0 Å². The van der Waals surface area contributed by atoms with Crippen LogP contribution in [0.25, 0.3) is 0 Å². The van der Waals surface area contributed by atoms with E-state index >= 15 is 0 Å². The van der Waals surface area contributed by atoms with Crippen molar-refractivity contribution in [3.05, 3.63) is 77.6 Å². The lowest BCUT2D eigenvalue weighted by Gasteiger charge is -2.14. The van der Waals surface area contributed by atoms with E-state index in [0.29, 0.717) is 11.3 Å². The van der Waals surface area contributed by atoms with Gasteiger partial charge in [0.25, 0.3) is 15.9 Å². The lowest BCUT2D eigenvalue weighted by Crippen LogP contribution is -2.26. The van der Waals surface area contributed by atoms with Crippen molar-refractivity contribution in [2.75, 3.05) is 4.72 Å². The molecule has 3 rings (SSSR count).